The molecule has 0 aliphatic heterocycles. The lowest BCUT2D eigenvalue weighted by Gasteiger charge is -2.27. The maximum Gasteiger partial charge on any atom is 0.332 e. The van der Waals surface area contributed by atoms with Gasteiger partial charge >= 0.3 is 5.97 Å². The van der Waals surface area contributed by atoms with Gasteiger partial charge in [0.05, 0.1) is 6.61 Å². The van der Waals surface area contributed by atoms with Crippen molar-refractivity contribution in [2.75, 3.05) is 6.61 Å². The summed E-state index contributed by atoms with van der Waals surface area (Å²) in [6.45, 7) is 1.83. The van der Waals surface area contributed by atoms with E-state index >= 15 is 0 Å². The number of nitrogens with one attached hydrogen (secondary N) is 1. The molecule has 7 heteroatoms. The number of primary amides is 1. The molecule has 1 unspecified atom stereocenters. The first-order valence-corrected chi connectivity index (χ1v) is 6.47. The van der Waals surface area contributed by atoms with Crippen LogP contribution in [0.1, 0.15) is 32.6 Å². The first-order valence-electron chi connectivity index (χ1n) is 6.47. The molecule has 0 heterocycles. The SMILES string of the molecule is CCOC(=O)C(N)C(=O)NC1CCC(C(N)=O)CC1. The largest absolute Gasteiger partial charge is 0.464 e. The van der Waals surface area contributed by atoms with E-state index in [2.05, 4.69) is 10.1 Å². The van der Waals surface area contributed by atoms with E-state index in [1.807, 2.05) is 0 Å². The van der Waals surface area contributed by atoms with Gasteiger partial charge in [0, 0.05) is 12.0 Å². The molecule has 0 bridgehead atoms. The van der Waals surface area contributed by atoms with Crippen LogP contribution >= 0.6 is 0 Å². The molecule has 2 amide bonds. The zero-order valence-electron chi connectivity index (χ0n) is 11.1. The average molecular weight is 271 g/mol. The number of carbonyl (C=O) groups is 3. The second kappa shape index (κ2) is 7.08. The van der Waals surface area contributed by atoms with Crippen molar-refractivity contribution in [2.45, 2.75) is 44.7 Å². The molecule has 5 N–H and O–H groups in total. The number of nitrogens with two attached hydrogens (primary N) is 2. The summed E-state index contributed by atoms with van der Waals surface area (Å²) in [6.07, 6.45) is 2.62. The first kappa shape index (κ1) is 15.4. The lowest BCUT2D eigenvalue weighted by molar-refractivity contribution is -0.148. The van der Waals surface area contributed by atoms with Crippen LogP contribution in [0, 0.1) is 5.92 Å². The Morgan fingerprint density at radius 3 is 2.32 bits per heavy atom. The van der Waals surface area contributed by atoms with Crippen molar-refractivity contribution in [3.63, 3.8) is 0 Å². The van der Waals surface area contributed by atoms with E-state index in [1.54, 1.807) is 6.92 Å². The molecule has 19 heavy (non-hydrogen) atoms. The quantitative estimate of drug-likeness (QED) is 0.438. The maximum atomic E-state index is 11.7. The number of esters is 1. The Morgan fingerprint density at radius 2 is 1.84 bits per heavy atom. The minimum Gasteiger partial charge on any atom is -0.464 e. The number of carbonyl (C=O) groups excluding carboxylic acids is 3. The van der Waals surface area contributed by atoms with Crippen LogP contribution in [0.15, 0.2) is 0 Å². The summed E-state index contributed by atoms with van der Waals surface area (Å²) in [6, 6.07) is -1.36. The zero-order valence-corrected chi connectivity index (χ0v) is 11.1. The first-order chi connectivity index (χ1) is 8.95. The number of hydrogen-bond donors (Lipinski definition) is 3. The molecule has 0 radical (unpaired) electrons. The van der Waals surface area contributed by atoms with Gasteiger partial charge in [0.25, 0.3) is 0 Å². The van der Waals surface area contributed by atoms with Gasteiger partial charge in [-0.2, -0.15) is 0 Å². The minimum atomic E-state index is -1.30. The average Bonchev–Trinajstić information content (AvgIpc) is 2.38. The van der Waals surface area contributed by atoms with Gasteiger partial charge in [-0.3, -0.25) is 9.59 Å². The van der Waals surface area contributed by atoms with E-state index in [0.29, 0.717) is 25.7 Å². The third-order valence-electron chi connectivity index (χ3n) is 3.30. The zero-order chi connectivity index (χ0) is 14.4. The Balaban J connectivity index is 2.38. The molecule has 1 aliphatic rings. The van der Waals surface area contributed by atoms with Crippen LogP contribution in [0.5, 0.6) is 0 Å². The molecule has 0 spiro atoms. The summed E-state index contributed by atoms with van der Waals surface area (Å²) in [5, 5.41) is 2.70. The number of ether oxygens (including phenoxy) is 1. The standard InChI is InChI=1S/C12H21N3O4/c1-2-19-12(18)9(13)11(17)15-8-5-3-7(4-6-8)10(14)16/h7-9H,2-6,13H2,1H3,(H2,14,16)(H,15,17). The molecule has 1 fully saturated rings. The van der Waals surface area contributed by atoms with Crippen LogP contribution in [0.4, 0.5) is 0 Å². The second-order valence-electron chi connectivity index (χ2n) is 4.69. The highest BCUT2D eigenvalue weighted by molar-refractivity contribution is 6.01. The molecule has 0 aromatic rings. The maximum absolute atomic E-state index is 11.7. The van der Waals surface area contributed by atoms with E-state index < -0.39 is 17.9 Å². The van der Waals surface area contributed by atoms with E-state index in [9.17, 15) is 14.4 Å². The number of hydrogen-bond acceptors (Lipinski definition) is 5. The van der Waals surface area contributed by atoms with E-state index in [-0.39, 0.29) is 24.5 Å². The predicted molar refractivity (Wildman–Crippen MR) is 67.7 cm³/mol. The second-order valence-corrected chi connectivity index (χ2v) is 4.69. The summed E-state index contributed by atoms with van der Waals surface area (Å²) in [4.78, 5) is 34.0. The monoisotopic (exact) mass is 271 g/mol. The fraction of sp³-hybridized carbons (Fsp3) is 0.750. The fourth-order valence-electron chi connectivity index (χ4n) is 2.15. The summed E-state index contributed by atoms with van der Waals surface area (Å²) >= 11 is 0. The molecule has 7 nitrogen and oxygen atoms in total. The molecule has 0 aromatic carbocycles. The molecular formula is C12H21N3O4. The number of amides is 2. The Bertz CT molecular complexity index is 351. The molecule has 0 aromatic heterocycles. The smallest absolute Gasteiger partial charge is 0.332 e. The van der Waals surface area contributed by atoms with Crippen LogP contribution in [0.3, 0.4) is 0 Å². The normalized spacial score (nSPS) is 24.3. The highest BCUT2D eigenvalue weighted by atomic mass is 16.5. The molecule has 1 aliphatic carbocycles. The van der Waals surface area contributed by atoms with Gasteiger partial charge < -0.3 is 21.5 Å². The number of rotatable bonds is 5. The minimum absolute atomic E-state index is 0.0661. The van der Waals surface area contributed by atoms with Gasteiger partial charge in [-0.25, -0.2) is 4.79 Å². The molecule has 108 valence electrons. The van der Waals surface area contributed by atoms with Crippen molar-refractivity contribution in [2.24, 2.45) is 17.4 Å². The van der Waals surface area contributed by atoms with Crippen molar-refractivity contribution in [1.29, 1.82) is 0 Å². The highest BCUT2D eigenvalue weighted by Crippen LogP contribution is 2.23. The van der Waals surface area contributed by atoms with Gasteiger partial charge in [-0.1, -0.05) is 0 Å². The third kappa shape index (κ3) is 4.51. The molecule has 1 saturated carbocycles. The topological polar surface area (TPSA) is 125 Å². The van der Waals surface area contributed by atoms with Gasteiger partial charge in [0.15, 0.2) is 6.04 Å². The van der Waals surface area contributed by atoms with Crippen molar-refractivity contribution in [3.8, 4) is 0 Å². The fourth-order valence-corrected chi connectivity index (χ4v) is 2.15. The van der Waals surface area contributed by atoms with Crippen LogP contribution < -0.4 is 16.8 Å². The van der Waals surface area contributed by atoms with Crippen LogP contribution in [0.2, 0.25) is 0 Å². The summed E-state index contributed by atoms with van der Waals surface area (Å²) in [7, 11) is 0. The highest BCUT2D eigenvalue weighted by Gasteiger charge is 2.29. The van der Waals surface area contributed by atoms with Crippen LogP contribution in [-0.2, 0) is 19.1 Å². The summed E-state index contributed by atoms with van der Waals surface area (Å²) < 4.78 is 4.68. The Labute approximate surface area is 112 Å². The van der Waals surface area contributed by atoms with E-state index in [4.69, 9.17) is 11.5 Å². The van der Waals surface area contributed by atoms with Crippen molar-refractivity contribution >= 4 is 17.8 Å². The van der Waals surface area contributed by atoms with E-state index in [1.165, 1.54) is 0 Å². The predicted octanol–water partition coefficient (Wildman–Crippen LogP) is -0.963. The van der Waals surface area contributed by atoms with Crippen molar-refractivity contribution < 1.29 is 19.1 Å². The van der Waals surface area contributed by atoms with Gasteiger partial charge in [-0.15, -0.1) is 0 Å². The Morgan fingerprint density at radius 1 is 1.26 bits per heavy atom. The lowest BCUT2D eigenvalue weighted by Crippen LogP contribution is -2.51. The van der Waals surface area contributed by atoms with Gasteiger partial charge in [0.2, 0.25) is 11.8 Å². The van der Waals surface area contributed by atoms with E-state index in [0.717, 1.165) is 0 Å². The molecule has 0 saturated heterocycles. The Kier molecular flexibility index (Phi) is 5.75. The van der Waals surface area contributed by atoms with Gasteiger partial charge in [-0.05, 0) is 32.6 Å². The third-order valence-corrected chi connectivity index (χ3v) is 3.30. The lowest BCUT2D eigenvalue weighted by atomic mass is 9.85. The molecule has 1 atom stereocenters. The van der Waals surface area contributed by atoms with Crippen molar-refractivity contribution in [1.82, 2.24) is 5.32 Å². The summed E-state index contributed by atoms with van der Waals surface area (Å²) in [5.41, 5.74) is 10.7. The van der Waals surface area contributed by atoms with Gasteiger partial charge in [0.1, 0.15) is 0 Å². The molecular weight excluding hydrogens is 250 g/mol. The summed E-state index contributed by atoms with van der Waals surface area (Å²) in [5.74, 6) is -1.69. The van der Waals surface area contributed by atoms with Crippen LogP contribution in [0.25, 0.3) is 0 Å². The van der Waals surface area contributed by atoms with Crippen molar-refractivity contribution in [3.05, 3.63) is 0 Å². The molecule has 1 rings (SSSR count). The van der Waals surface area contributed by atoms with Crippen LogP contribution in [-0.4, -0.2) is 36.5 Å². The Hall–Kier alpha value is -1.63.